The topological polar surface area (TPSA) is 44.3 Å². The van der Waals surface area contributed by atoms with Gasteiger partial charge in [-0.1, -0.05) is 20.8 Å². The highest BCUT2D eigenvalue weighted by atomic mass is 15.3. The van der Waals surface area contributed by atoms with Gasteiger partial charge in [-0.15, -0.1) is 0 Å². The molecule has 0 aromatic carbocycles. The van der Waals surface area contributed by atoms with E-state index in [1.807, 2.05) is 7.05 Å². The maximum absolute atomic E-state index is 4.54. The number of piperazine rings is 1. The highest BCUT2D eigenvalue weighted by Gasteiger charge is 2.22. The zero-order valence-electron chi connectivity index (χ0n) is 12.5. The number of nitrogens with zero attached hydrogens (tertiary/aromatic N) is 4. The number of rotatable bonds is 4. The van der Waals surface area contributed by atoms with Gasteiger partial charge in [0.15, 0.2) is 0 Å². The van der Waals surface area contributed by atoms with Crippen LogP contribution in [0.1, 0.15) is 32.3 Å². The molecule has 1 N–H and O–H groups in total. The molecule has 19 heavy (non-hydrogen) atoms. The molecular weight excluding hydrogens is 238 g/mol. The third-order valence-corrected chi connectivity index (χ3v) is 3.80. The molecule has 2 heterocycles. The van der Waals surface area contributed by atoms with Crippen LogP contribution in [0, 0.1) is 0 Å². The predicted molar refractivity (Wildman–Crippen MR) is 80.0 cm³/mol. The fraction of sp³-hybridized carbons (Fsp3) is 0.714. The molecule has 0 atom stereocenters. The fourth-order valence-corrected chi connectivity index (χ4v) is 2.65. The van der Waals surface area contributed by atoms with Gasteiger partial charge >= 0.3 is 0 Å². The maximum atomic E-state index is 4.54. The van der Waals surface area contributed by atoms with E-state index in [0.717, 1.165) is 44.4 Å². The second kappa shape index (κ2) is 6.19. The van der Waals surface area contributed by atoms with Crippen LogP contribution in [0.15, 0.2) is 6.33 Å². The van der Waals surface area contributed by atoms with Crippen molar-refractivity contribution in [1.82, 2.24) is 14.9 Å². The van der Waals surface area contributed by atoms with Gasteiger partial charge in [0, 0.05) is 38.8 Å². The first-order valence-electron chi connectivity index (χ1n) is 7.17. The van der Waals surface area contributed by atoms with Gasteiger partial charge in [-0.25, -0.2) is 9.97 Å². The van der Waals surface area contributed by atoms with Crippen LogP contribution < -0.4 is 10.2 Å². The molecule has 0 radical (unpaired) electrons. The molecule has 1 aromatic heterocycles. The Kier molecular flexibility index (Phi) is 4.58. The summed E-state index contributed by atoms with van der Waals surface area (Å²) in [5, 5.41) is 3.19. The zero-order chi connectivity index (χ0) is 13.8. The smallest absolute Gasteiger partial charge is 0.137 e. The van der Waals surface area contributed by atoms with E-state index < -0.39 is 0 Å². The lowest BCUT2D eigenvalue weighted by Gasteiger charge is -2.36. The summed E-state index contributed by atoms with van der Waals surface area (Å²) in [6.07, 6.45) is 1.67. The monoisotopic (exact) mass is 263 g/mol. The molecule has 2 rings (SSSR count). The summed E-state index contributed by atoms with van der Waals surface area (Å²) in [6.45, 7) is 12.1. The van der Waals surface area contributed by atoms with Gasteiger partial charge < -0.3 is 15.1 Å². The summed E-state index contributed by atoms with van der Waals surface area (Å²) in [6, 6.07) is 0. The molecule has 1 fully saturated rings. The largest absolute Gasteiger partial charge is 0.373 e. The van der Waals surface area contributed by atoms with Gasteiger partial charge in [-0.2, -0.15) is 0 Å². The molecule has 5 heteroatoms. The highest BCUT2D eigenvalue weighted by Crippen LogP contribution is 2.30. The lowest BCUT2D eigenvalue weighted by Crippen LogP contribution is -2.46. The van der Waals surface area contributed by atoms with Crippen LogP contribution in [0.4, 0.5) is 11.6 Å². The molecule has 1 aliphatic rings. The van der Waals surface area contributed by atoms with E-state index in [1.165, 1.54) is 5.56 Å². The number of hydrogen-bond donors (Lipinski definition) is 1. The minimum Gasteiger partial charge on any atom is -0.373 e. The van der Waals surface area contributed by atoms with Crippen LogP contribution in [0.3, 0.4) is 0 Å². The molecule has 0 bridgehead atoms. The summed E-state index contributed by atoms with van der Waals surface area (Å²) >= 11 is 0. The van der Waals surface area contributed by atoms with Crippen molar-refractivity contribution < 1.29 is 0 Å². The van der Waals surface area contributed by atoms with E-state index >= 15 is 0 Å². The minimum absolute atomic E-state index is 0.419. The Labute approximate surface area is 116 Å². The predicted octanol–water partition coefficient (Wildman–Crippen LogP) is 1.78. The lowest BCUT2D eigenvalue weighted by atomic mass is 10.0. The van der Waals surface area contributed by atoms with Crippen molar-refractivity contribution in [3.05, 3.63) is 11.9 Å². The Morgan fingerprint density at radius 1 is 1.21 bits per heavy atom. The van der Waals surface area contributed by atoms with E-state index in [0.29, 0.717) is 5.92 Å². The fourth-order valence-electron chi connectivity index (χ4n) is 2.65. The normalized spacial score (nSPS) is 17.0. The van der Waals surface area contributed by atoms with Gasteiger partial charge in [0.1, 0.15) is 18.0 Å². The number of anilines is 2. The Hall–Kier alpha value is -1.36. The average Bonchev–Trinajstić information content (AvgIpc) is 2.46. The van der Waals surface area contributed by atoms with Gasteiger partial charge in [-0.05, 0) is 12.5 Å². The first kappa shape index (κ1) is 14.1. The first-order valence-corrected chi connectivity index (χ1v) is 7.17. The molecule has 0 saturated carbocycles. The van der Waals surface area contributed by atoms with Crippen molar-refractivity contribution in [3.8, 4) is 0 Å². The molecule has 5 nitrogen and oxygen atoms in total. The third-order valence-electron chi connectivity index (χ3n) is 3.80. The van der Waals surface area contributed by atoms with Crippen molar-refractivity contribution in [2.24, 2.45) is 0 Å². The summed E-state index contributed by atoms with van der Waals surface area (Å²) < 4.78 is 0. The van der Waals surface area contributed by atoms with Crippen LogP contribution in [-0.4, -0.2) is 54.6 Å². The van der Waals surface area contributed by atoms with Crippen molar-refractivity contribution >= 4 is 11.6 Å². The van der Waals surface area contributed by atoms with Crippen molar-refractivity contribution in [1.29, 1.82) is 0 Å². The van der Waals surface area contributed by atoms with E-state index in [2.05, 4.69) is 45.9 Å². The molecule has 0 aliphatic carbocycles. The second-order valence-corrected chi connectivity index (χ2v) is 5.29. The maximum Gasteiger partial charge on any atom is 0.137 e. The minimum atomic E-state index is 0.419. The van der Waals surface area contributed by atoms with Gasteiger partial charge in [0.05, 0.1) is 0 Å². The van der Waals surface area contributed by atoms with Gasteiger partial charge in [-0.3, -0.25) is 0 Å². The number of aromatic nitrogens is 2. The van der Waals surface area contributed by atoms with Crippen LogP contribution in [0.25, 0.3) is 0 Å². The summed E-state index contributed by atoms with van der Waals surface area (Å²) in [5.41, 5.74) is 1.23. The van der Waals surface area contributed by atoms with Crippen LogP contribution in [-0.2, 0) is 0 Å². The molecule has 1 saturated heterocycles. The average molecular weight is 263 g/mol. The molecule has 0 amide bonds. The molecule has 0 spiro atoms. The van der Waals surface area contributed by atoms with Crippen LogP contribution in [0.2, 0.25) is 0 Å². The Morgan fingerprint density at radius 2 is 1.89 bits per heavy atom. The number of likely N-dealkylation sites (N-methyl/N-ethyl adjacent to an activating group) is 1. The number of hydrogen-bond acceptors (Lipinski definition) is 5. The Morgan fingerprint density at radius 3 is 2.42 bits per heavy atom. The Bertz CT molecular complexity index is 410. The molecular formula is C14H25N5. The van der Waals surface area contributed by atoms with Gasteiger partial charge in [0.2, 0.25) is 0 Å². The summed E-state index contributed by atoms with van der Waals surface area (Å²) in [7, 11) is 1.92. The van der Waals surface area contributed by atoms with Crippen molar-refractivity contribution in [3.63, 3.8) is 0 Å². The van der Waals surface area contributed by atoms with E-state index in [9.17, 15) is 0 Å². The first-order chi connectivity index (χ1) is 9.17. The lowest BCUT2D eigenvalue weighted by molar-refractivity contribution is 0.270. The molecule has 106 valence electrons. The van der Waals surface area contributed by atoms with Crippen molar-refractivity contribution in [2.75, 3.05) is 50.0 Å². The van der Waals surface area contributed by atoms with Crippen molar-refractivity contribution in [2.45, 2.75) is 26.7 Å². The van der Waals surface area contributed by atoms with Gasteiger partial charge in [0.25, 0.3) is 0 Å². The SMILES string of the molecule is CCN1CCN(c2ncnc(NC)c2C(C)C)CC1. The van der Waals surface area contributed by atoms with E-state index in [4.69, 9.17) is 0 Å². The van der Waals surface area contributed by atoms with Crippen LogP contribution in [0.5, 0.6) is 0 Å². The van der Waals surface area contributed by atoms with E-state index in [-0.39, 0.29) is 0 Å². The Balaban J connectivity index is 2.25. The van der Waals surface area contributed by atoms with E-state index in [1.54, 1.807) is 6.33 Å². The zero-order valence-corrected chi connectivity index (χ0v) is 12.5. The molecule has 1 aliphatic heterocycles. The quantitative estimate of drug-likeness (QED) is 0.897. The standard InChI is InChI=1S/C14H25N5/c1-5-18-6-8-19(9-7-18)14-12(11(2)3)13(15-4)16-10-17-14/h10-11H,5-9H2,1-4H3,(H,15,16,17). The second-order valence-electron chi connectivity index (χ2n) is 5.29. The third kappa shape index (κ3) is 2.97. The molecule has 0 unspecified atom stereocenters. The highest BCUT2D eigenvalue weighted by molar-refractivity contribution is 5.60. The molecule has 1 aromatic rings. The number of nitrogens with one attached hydrogen (secondary N) is 1. The summed E-state index contributed by atoms with van der Waals surface area (Å²) in [5.74, 6) is 2.48. The summed E-state index contributed by atoms with van der Waals surface area (Å²) in [4.78, 5) is 13.8. The van der Waals surface area contributed by atoms with Crippen LogP contribution >= 0.6 is 0 Å².